The maximum Gasteiger partial charge on any atom is 0.416 e. The normalized spacial score (nSPS) is 11.9. The number of nitrogens with two attached hydrogens (primary N) is 1. The summed E-state index contributed by atoms with van der Waals surface area (Å²) in [5.74, 6) is 4.51. The highest BCUT2D eigenvalue weighted by molar-refractivity contribution is 6.06. The first-order valence-corrected chi connectivity index (χ1v) is 11.8. The molecule has 206 valence electrons. The number of alkyl halides is 3. The molecule has 0 radical (unpaired) electrons. The van der Waals surface area contributed by atoms with Crippen LogP contribution in [0.15, 0.2) is 48.9 Å². The first kappa shape index (κ1) is 27.9. The summed E-state index contributed by atoms with van der Waals surface area (Å²) in [6.45, 7) is 3.36. The number of ether oxygens (including phenoxy) is 1. The predicted molar refractivity (Wildman–Crippen MR) is 141 cm³/mol. The molecule has 0 unspecified atom stereocenters. The molecular weight excluding hydrogens is 527 g/mol. The van der Waals surface area contributed by atoms with Gasteiger partial charge in [-0.25, -0.2) is 15.0 Å². The van der Waals surface area contributed by atoms with Gasteiger partial charge >= 0.3 is 6.18 Å². The van der Waals surface area contributed by atoms with Crippen LogP contribution in [0.2, 0.25) is 0 Å². The number of nitrogens with zero attached hydrogens (tertiary/aromatic N) is 5. The zero-order valence-electron chi connectivity index (χ0n) is 21.9. The van der Waals surface area contributed by atoms with Crippen molar-refractivity contribution in [1.82, 2.24) is 24.3 Å². The summed E-state index contributed by atoms with van der Waals surface area (Å²) >= 11 is 0. The van der Waals surface area contributed by atoms with Crippen LogP contribution >= 0.6 is 0 Å². The molecule has 0 aliphatic heterocycles. The Bertz CT molecular complexity index is 1670. The fourth-order valence-corrected chi connectivity index (χ4v) is 4.01. The average molecular weight is 552 g/mol. The summed E-state index contributed by atoms with van der Waals surface area (Å²) in [7, 11) is 2.96. The minimum absolute atomic E-state index is 0.0529. The molecule has 0 saturated heterocycles. The molecular formula is C27H24F3N7O3. The van der Waals surface area contributed by atoms with Gasteiger partial charge in [0.15, 0.2) is 0 Å². The average Bonchev–Trinajstić information content (AvgIpc) is 3.32. The molecule has 0 aliphatic carbocycles. The molecule has 3 N–H and O–H groups in total. The quantitative estimate of drug-likeness (QED) is 0.344. The molecule has 10 nitrogen and oxygen atoms in total. The SMILES string of the molecule is CC#CC(=O)N(C)[C@@H](C)c1nc(-c2ccc(C(=O)Nc3cc(C(F)(F)F)ccn3)c(OC)c2)c2c(N)nccn12. The lowest BCUT2D eigenvalue weighted by molar-refractivity contribution is -0.137. The van der Waals surface area contributed by atoms with Crippen LogP contribution in [0.5, 0.6) is 5.75 Å². The van der Waals surface area contributed by atoms with Gasteiger partial charge in [0.1, 0.15) is 34.4 Å². The Morgan fingerprint density at radius 2 is 1.93 bits per heavy atom. The van der Waals surface area contributed by atoms with Gasteiger partial charge in [0.25, 0.3) is 11.8 Å². The van der Waals surface area contributed by atoms with Gasteiger partial charge in [-0.3, -0.25) is 14.0 Å². The largest absolute Gasteiger partial charge is 0.496 e. The smallest absolute Gasteiger partial charge is 0.416 e. The molecule has 0 aliphatic rings. The first-order chi connectivity index (χ1) is 19.0. The van der Waals surface area contributed by atoms with E-state index in [1.54, 1.807) is 43.6 Å². The van der Waals surface area contributed by atoms with Crippen molar-refractivity contribution < 1.29 is 27.5 Å². The molecule has 0 saturated carbocycles. The Kier molecular flexibility index (Phi) is 7.63. The van der Waals surface area contributed by atoms with Crippen LogP contribution in [0.1, 0.15) is 41.6 Å². The Labute approximate surface area is 227 Å². The van der Waals surface area contributed by atoms with Crippen molar-refractivity contribution in [2.45, 2.75) is 26.1 Å². The second-order valence-corrected chi connectivity index (χ2v) is 8.61. The van der Waals surface area contributed by atoms with E-state index < -0.39 is 23.7 Å². The van der Waals surface area contributed by atoms with E-state index in [2.05, 4.69) is 27.1 Å². The number of hydrogen-bond donors (Lipinski definition) is 2. The van der Waals surface area contributed by atoms with Crippen LogP contribution in [-0.4, -0.2) is 50.2 Å². The highest BCUT2D eigenvalue weighted by Crippen LogP contribution is 2.35. The number of anilines is 2. The number of rotatable bonds is 6. The molecule has 2 amide bonds. The number of fused-ring (bicyclic) bond motifs is 1. The topological polar surface area (TPSA) is 128 Å². The summed E-state index contributed by atoms with van der Waals surface area (Å²) in [6.07, 6.45) is -0.459. The molecule has 0 spiro atoms. The molecule has 40 heavy (non-hydrogen) atoms. The number of nitrogen functional groups attached to an aromatic ring is 1. The fraction of sp³-hybridized carbons (Fsp3) is 0.222. The van der Waals surface area contributed by atoms with E-state index >= 15 is 0 Å². The molecule has 13 heteroatoms. The molecule has 0 fully saturated rings. The summed E-state index contributed by atoms with van der Waals surface area (Å²) in [5, 5.41) is 2.37. The summed E-state index contributed by atoms with van der Waals surface area (Å²) < 4.78 is 46.3. The highest BCUT2D eigenvalue weighted by atomic mass is 19.4. The monoisotopic (exact) mass is 551 g/mol. The molecule has 4 rings (SSSR count). The van der Waals surface area contributed by atoms with Crippen molar-refractivity contribution >= 4 is 29.0 Å². The Balaban J connectivity index is 1.73. The van der Waals surface area contributed by atoms with Gasteiger partial charge in [0.2, 0.25) is 0 Å². The maximum absolute atomic E-state index is 13.1. The van der Waals surface area contributed by atoms with E-state index in [1.807, 2.05) is 0 Å². The van der Waals surface area contributed by atoms with Crippen molar-refractivity contribution in [2.75, 3.05) is 25.2 Å². The standard InChI is InChI=1S/C27H24F3N7O3/c1-5-6-21(38)36(3)15(2)25-35-22(23-24(31)33-11-12-37(23)25)16-7-8-18(19(13-16)40-4)26(39)34-20-14-17(9-10-32-20)27(28,29)30/h7-15H,1-4H3,(H2,31,33)(H,32,34,39)/t15-/m0/s1. The minimum Gasteiger partial charge on any atom is -0.496 e. The minimum atomic E-state index is -4.59. The van der Waals surface area contributed by atoms with Crippen molar-refractivity contribution in [3.05, 3.63) is 65.9 Å². The summed E-state index contributed by atoms with van der Waals surface area (Å²) in [6, 6.07) is 5.64. The molecule has 3 heterocycles. The predicted octanol–water partition coefficient (Wildman–Crippen LogP) is 4.20. The fourth-order valence-electron chi connectivity index (χ4n) is 4.01. The third-order valence-electron chi connectivity index (χ3n) is 6.17. The van der Waals surface area contributed by atoms with Crippen molar-refractivity contribution in [2.24, 2.45) is 0 Å². The van der Waals surface area contributed by atoms with Crippen molar-refractivity contribution in [1.29, 1.82) is 0 Å². The number of halogens is 3. The van der Waals surface area contributed by atoms with Crippen LogP contribution in [0.3, 0.4) is 0 Å². The van der Waals surface area contributed by atoms with Crippen LogP contribution in [0.25, 0.3) is 16.8 Å². The van der Waals surface area contributed by atoms with E-state index in [0.717, 1.165) is 18.3 Å². The molecule has 1 aromatic carbocycles. The van der Waals surface area contributed by atoms with E-state index in [1.165, 1.54) is 24.3 Å². The van der Waals surface area contributed by atoms with Gasteiger partial charge in [0.05, 0.1) is 24.3 Å². The number of methoxy groups -OCH3 is 1. The van der Waals surface area contributed by atoms with E-state index in [9.17, 15) is 22.8 Å². The number of aromatic nitrogens is 4. The lowest BCUT2D eigenvalue weighted by Crippen LogP contribution is -2.29. The van der Waals surface area contributed by atoms with Crippen molar-refractivity contribution in [3.63, 3.8) is 0 Å². The number of nitrogens with one attached hydrogen (secondary N) is 1. The van der Waals surface area contributed by atoms with Gasteiger partial charge in [-0.05, 0) is 44.0 Å². The number of pyridine rings is 1. The van der Waals surface area contributed by atoms with E-state index in [4.69, 9.17) is 15.5 Å². The van der Waals surface area contributed by atoms with Gasteiger partial charge < -0.3 is 20.7 Å². The lowest BCUT2D eigenvalue weighted by atomic mass is 10.1. The van der Waals surface area contributed by atoms with Crippen LogP contribution in [-0.2, 0) is 11.0 Å². The zero-order valence-corrected chi connectivity index (χ0v) is 21.9. The number of carbonyl (C=O) groups is 2. The third kappa shape index (κ3) is 5.37. The van der Waals surface area contributed by atoms with Crippen LogP contribution in [0.4, 0.5) is 24.8 Å². The van der Waals surface area contributed by atoms with Crippen molar-refractivity contribution in [3.8, 4) is 28.8 Å². The molecule has 0 bridgehead atoms. The highest BCUT2D eigenvalue weighted by Gasteiger charge is 2.31. The second-order valence-electron chi connectivity index (χ2n) is 8.61. The summed E-state index contributed by atoms with van der Waals surface area (Å²) in [4.78, 5) is 39.5. The van der Waals surface area contributed by atoms with E-state index in [-0.39, 0.29) is 28.9 Å². The summed E-state index contributed by atoms with van der Waals surface area (Å²) in [5.41, 5.74) is 6.72. The number of carbonyl (C=O) groups excluding carboxylic acids is 2. The first-order valence-electron chi connectivity index (χ1n) is 11.8. The number of imidazole rings is 1. The molecule has 1 atom stereocenters. The lowest BCUT2D eigenvalue weighted by Gasteiger charge is -2.21. The number of benzene rings is 1. The second kappa shape index (κ2) is 10.9. The Morgan fingerprint density at radius 3 is 2.60 bits per heavy atom. The molecule has 4 aromatic rings. The zero-order chi connectivity index (χ0) is 29.2. The Morgan fingerprint density at radius 1 is 1.18 bits per heavy atom. The van der Waals surface area contributed by atoms with Gasteiger partial charge in [-0.2, -0.15) is 13.2 Å². The van der Waals surface area contributed by atoms with Crippen LogP contribution in [0, 0.1) is 11.8 Å². The number of hydrogen-bond acceptors (Lipinski definition) is 7. The van der Waals surface area contributed by atoms with E-state index in [0.29, 0.717) is 22.6 Å². The van der Waals surface area contributed by atoms with Gasteiger partial charge in [-0.15, -0.1) is 0 Å². The van der Waals surface area contributed by atoms with Gasteiger partial charge in [0, 0.05) is 31.2 Å². The molecule has 3 aromatic heterocycles. The third-order valence-corrected chi connectivity index (χ3v) is 6.17. The Hall–Kier alpha value is -5.12. The van der Waals surface area contributed by atoms with Crippen LogP contribution < -0.4 is 15.8 Å². The van der Waals surface area contributed by atoms with Gasteiger partial charge in [-0.1, -0.05) is 12.0 Å². The number of amides is 2. The maximum atomic E-state index is 13.1.